The Morgan fingerprint density at radius 3 is 2.55 bits per heavy atom. The molecule has 0 unspecified atom stereocenters. The number of thiazole rings is 1. The minimum atomic E-state index is -0.997. The molecule has 1 aliphatic heterocycles. The zero-order valence-electron chi connectivity index (χ0n) is 11.6. The summed E-state index contributed by atoms with van der Waals surface area (Å²) in [4.78, 5) is 29.9. The molecule has 0 saturated carbocycles. The fraction of sp³-hybridized carbons (Fsp3) is 0.615. The van der Waals surface area contributed by atoms with Crippen LogP contribution in [0.2, 0.25) is 0 Å². The van der Waals surface area contributed by atoms with Gasteiger partial charge in [-0.05, 0) is 26.7 Å². The molecular formula is C13H18N2O4S. The molecular weight excluding hydrogens is 280 g/mol. The van der Waals surface area contributed by atoms with Gasteiger partial charge in [0.2, 0.25) is 0 Å². The molecule has 1 aliphatic rings. The number of carbonyl (C=O) groups is 2. The van der Waals surface area contributed by atoms with Crippen molar-refractivity contribution in [3.05, 3.63) is 15.6 Å². The highest BCUT2D eigenvalue weighted by atomic mass is 32.1. The maximum absolute atomic E-state index is 12.6. The fourth-order valence-corrected chi connectivity index (χ4v) is 3.25. The fourth-order valence-electron chi connectivity index (χ4n) is 2.37. The molecule has 2 heterocycles. The number of aliphatic carboxylic acids is 1. The van der Waals surface area contributed by atoms with Crippen LogP contribution in [0.4, 0.5) is 0 Å². The van der Waals surface area contributed by atoms with E-state index >= 15 is 0 Å². The second-order valence-electron chi connectivity index (χ2n) is 4.82. The number of amides is 1. The Morgan fingerprint density at radius 2 is 2.05 bits per heavy atom. The van der Waals surface area contributed by atoms with Gasteiger partial charge in [0.15, 0.2) is 0 Å². The van der Waals surface area contributed by atoms with Crippen molar-refractivity contribution < 1.29 is 19.4 Å². The highest BCUT2D eigenvalue weighted by Gasteiger charge is 2.30. The summed E-state index contributed by atoms with van der Waals surface area (Å²) < 4.78 is 5.27. The molecule has 1 aromatic heterocycles. The summed E-state index contributed by atoms with van der Waals surface area (Å²) in [6.45, 7) is 4.47. The number of rotatable bonds is 4. The van der Waals surface area contributed by atoms with Crippen LogP contribution in [0, 0.1) is 13.8 Å². The molecule has 0 spiro atoms. The molecule has 0 bridgehead atoms. The van der Waals surface area contributed by atoms with Gasteiger partial charge in [0.05, 0.1) is 10.7 Å². The second kappa shape index (κ2) is 6.32. The first-order chi connectivity index (χ1) is 9.49. The summed E-state index contributed by atoms with van der Waals surface area (Å²) in [5.41, 5.74) is 0.667. The van der Waals surface area contributed by atoms with E-state index in [1.54, 1.807) is 6.92 Å². The van der Waals surface area contributed by atoms with Crippen molar-refractivity contribution in [1.29, 1.82) is 0 Å². The van der Waals surface area contributed by atoms with E-state index in [9.17, 15) is 9.59 Å². The number of aromatic nitrogens is 1. The molecule has 0 atom stereocenters. The van der Waals surface area contributed by atoms with E-state index in [0.29, 0.717) is 36.6 Å². The third-order valence-corrected chi connectivity index (χ3v) is 4.36. The van der Waals surface area contributed by atoms with Gasteiger partial charge in [0, 0.05) is 19.3 Å². The van der Waals surface area contributed by atoms with Crippen LogP contribution in [0.5, 0.6) is 0 Å². The summed E-state index contributed by atoms with van der Waals surface area (Å²) in [6, 6.07) is -0.0749. The van der Waals surface area contributed by atoms with Crippen molar-refractivity contribution in [2.24, 2.45) is 0 Å². The predicted octanol–water partition coefficient (Wildman–Crippen LogP) is 1.47. The van der Waals surface area contributed by atoms with E-state index in [1.807, 2.05) is 6.92 Å². The first-order valence-corrected chi connectivity index (χ1v) is 7.35. The highest BCUT2D eigenvalue weighted by Crippen LogP contribution is 2.23. The number of ether oxygens (including phenoxy) is 1. The first kappa shape index (κ1) is 14.9. The van der Waals surface area contributed by atoms with Gasteiger partial charge < -0.3 is 14.7 Å². The standard InChI is InChI=1S/C13H18N2O4S/c1-8-12(20-9(2)14-8)13(18)15(7-11(16)17)10-3-5-19-6-4-10/h10H,3-7H2,1-2H3,(H,16,17). The molecule has 0 aromatic carbocycles. The van der Waals surface area contributed by atoms with E-state index in [-0.39, 0.29) is 18.5 Å². The Hall–Kier alpha value is -1.47. The maximum atomic E-state index is 12.6. The largest absolute Gasteiger partial charge is 0.480 e. The predicted molar refractivity (Wildman–Crippen MR) is 74.1 cm³/mol. The van der Waals surface area contributed by atoms with Gasteiger partial charge >= 0.3 is 5.97 Å². The van der Waals surface area contributed by atoms with Crippen LogP contribution in [0.3, 0.4) is 0 Å². The van der Waals surface area contributed by atoms with Crippen molar-refractivity contribution in [2.75, 3.05) is 19.8 Å². The van der Waals surface area contributed by atoms with Crippen LogP contribution in [-0.4, -0.2) is 52.7 Å². The zero-order chi connectivity index (χ0) is 14.7. The van der Waals surface area contributed by atoms with Crippen molar-refractivity contribution in [2.45, 2.75) is 32.7 Å². The van der Waals surface area contributed by atoms with Crippen LogP contribution in [-0.2, 0) is 9.53 Å². The lowest BCUT2D eigenvalue weighted by Gasteiger charge is -2.33. The van der Waals surface area contributed by atoms with E-state index in [0.717, 1.165) is 5.01 Å². The van der Waals surface area contributed by atoms with Crippen LogP contribution in [0.25, 0.3) is 0 Å². The Bertz CT molecular complexity index is 508. The molecule has 7 heteroatoms. The zero-order valence-corrected chi connectivity index (χ0v) is 12.4. The summed E-state index contributed by atoms with van der Waals surface area (Å²) >= 11 is 1.32. The average molecular weight is 298 g/mol. The van der Waals surface area contributed by atoms with Gasteiger partial charge in [-0.1, -0.05) is 0 Å². The quantitative estimate of drug-likeness (QED) is 0.910. The lowest BCUT2D eigenvalue weighted by atomic mass is 10.1. The van der Waals surface area contributed by atoms with Crippen molar-refractivity contribution in [3.8, 4) is 0 Å². The number of hydrogen-bond donors (Lipinski definition) is 1. The summed E-state index contributed by atoms with van der Waals surface area (Å²) in [5.74, 6) is -1.23. The smallest absolute Gasteiger partial charge is 0.323 e. The molecule has 2 rings (SSSR count). The van der Waals surface area contributed by atoms with Crippen LogP contribution < -0.4 is 0 Å². The molecule has 1 saturated heterocycles. The highest BCUT2D eigenvalue weighted by molar-refractivity contribution is 7.13. The molecule has 1 N–H and O–H groups in total. The Kier molecular flexibility index (Phi) is 4.72. The van der Waals surface area contributed by atoms with Gasteiger partial charge in [-0.15, -0.1) is 11.3 Å². The summed E-state index contributed by atoms with van der Waals surface area (Å²) in [5, 5.41) is 9.86. The SMILES string of the molecule is Cc1nc(C)c(C(=O)N(CC(=O)O)C2CCOCC2)s1. The van der Waals surface area contributed by atoms with Gasteiger partial charge in [-0.2, -0.15) is 0 Å². The number of carbonyl (C=O) groups excluding carboxylic acids is 1. The number of nitrogens with zero attached hydrogens (tertiary/aromatic N) is 2. The Labute approximate surface area is 121 Å². The second-order valence-corrected chi connectivity index (χ2v) is 6.02. The Balaban J connectivity index is 2.23. The van der Waals surface area contributed by atoms with E-state index in [2.05, 4.69) is 4.98 Å². The van der Waals surface area contributed by atoms with Crippen molar-refractivity contribution in [1.82, 2.24) is 9.88 Å². The lowest BCUT2D eigenvalue weighted by molar-refractivity contribution is -0.138. The number of aryl methyl sites for hydroxylation is 2. The van der Waals surface area contributed by atoms with Crippen LogP contribution in [0.15, 0.2) is 0 Å². The monoisotopic (exact) mass is 298 g/mol. The molecule has 110 valence electrons. The third kappa shape index (κ3) is 3.34. The number of carboxylic acids is 1. The van der Waals surface area contributed by atoms with Crippen molar-refractivity contribution in [3.63, 3.8) is 0 Å². The van der Waals surface area contributed by atoms with Gasteiger partial charge in [-0.3, -0.25) is 9.59 Å². The molecule has 1 fully saturated rings. The summed E-state index contributed by atoms with van der Waals surface area (Å²) in [6.07, 6.45) is 1.35. The first-order valence-electron chi connectivity index (χ1n) is 6.53. The third-order valence-electron chi connectivity index (χ3n) is 3.30. The molecule has 1 aromatic rings. The van der Waals surface area contributed by atoms with Gasteiger partial charge in [0.1, 0.15) is 11.4 Å². The molecule has 6 nitrogen and oxygen atoms in total. The average Bonchev–Trinajstić information content (AvgIpc) is 2.75. The number of carboxylic acid groups (broad SMARTS) is 1. The van der Waals surface area contributed by atoms with Gasteiger partial charge in [-0.25, -0.2) is 4.98 Å². The molecule has 20 heavy (non-hydrogen) atoms. The normalized spacial score (nSPS) is 16.1. The summed E-state index contributed by atoms with van der Waals surface area (Å²) in [7, 11) is 0. The maximum Gasteiger partial charge on any atom is 0.323 e. The Morgan fingerprint density at radius 1 is 1.40 bits per heavy atom. The van der Waals surface area contributed by atoms with E-state index in [1.165, 1.54) is 16.2 Å². The van der Waals surface area contributed by atoms with Crippen LogP contribution in [0.1, 0.15) is 33.2 Å². The molecule has 1 amide bonds. The topological polar surface area (TPSA) is 79.7 Å². The van der Waals surface area contributed by atoms with Crippen LogP contribution >= 0.6 is 11.3 Å². The van der Waals surface area contributed by atoms with Gasteiger partial charge in [0.25, 0.3) is 5.91 Å². The van der Waals surface area contributed by atoms with E-state index < -0.39 is 5.97 Å². The molecule has 0 aliphatic carbocycles. The minimum Gasteiger partial charge on any atom is -0.480 e. The molecule has 0 radical (unpaired) electrons. The van der Waals surface area contributed by atoms with Crippen molar-refractivity contribution >= 4 is 23.2 Å². The minimum absolute atomic E-state index is 0.0749. The van der Waals surface area contributed by atoms with E-state index in [4.69, 9.17) is 9.84 Å². The lowest BCUT2D eigenvalue weighted by Crippen LogP contribution is -2.46. The number of hydrogen-bond acceptors (Lipinski definition) is 5.